The number of hydrogen-bond acceptors (Lipinski definition) is 7. The van der Waals surface area contributed by atoms with Crippen molar-refractivity contribution in [2.45, 2.75) is 44.9 Å². The molecular weight excluding hydrogens is 656 g/mol. The number of rotatable bonds is 15. The molecule has 10 nitrogen and oxygen atoms in total. The fraction of sp³-hybridized carbons (Fsp3) is 0.294. The van der Waals surface area contributed by atoms with Gasteiger partial charge in [-0.15, -0.1) is 0 Å². The average Bonchev–Trinajstić information content (AvgIpc) is 3.84. The minimum Gasteiger partial charge on any atom is -1.00 e. The number of ether oxygens (including phenoxy) is 3. The molecule has 1 aliphatic carbocycles. The Labute approximate surface area is 320 Å². The van der Waals surface area contributed by atoms with Gasteiger partial charge in [-0.2, -0.15) is 0 Å². The van der Waals surface area contributed by atoms with Gasteiger partial charge in [-0.3, -0.25) is 19.4 Å². The van der Waals surface area contributed by atoms with E-state index in [4.69, 9.17) is 30.9 Å². The molecule has 1 fully saturated rings. The summed E-state index contributed by atoms with van der Waals surface area (Å²) in [4.78, 5) is 41.0. The van der Waals surface area contributed by atoms with E-state index in [1.165, 1.54) is 25.4 Å². The van der Waals surface area contributed by atoms with Crippen molar-refractivity contribution in [1.29, 1.82) is 0 Å². The predicted octanol–water partition coefficient (Wildman–Crippen LogP) is 4.72. The van der Waals surface area contributed by atoms with E-state index in [9.17, 15) is 14.4 Å². The van der Waals surface area contributed by atoms with Crippen molar-refractivity contribution >= 4 is 51.7 Å². The standard InChI is InChI=1S/C34H33ClFN3O7.K.H/c1-44-29-19-24-26(20-30(29)45-16-5-3-2-4-9-31(40)41)37-15-12-27(24)46-28-11-10-23(18-25(28)36)39-33(43)34(13-14-34)32(42)38-22-8-6-7-21(35)17-22;;/h6-8,10-12,15,17-20H,2-5,9,13-14,16H2,1H3,(H,38,42)(H,39,43)(H,40,41);;/q;+1;-1. The van der Waals surface area contributed by atoms with Crippen molar-refractivity contribution in [3.05, 3.63) is 77.7 Å². The number of carbonyl (C=O) groups excluding carboxylic acids is 2. The number of nitrogens with one attached hydrogen (secondary N) is 2. The molecule has 0 radical (unpaired) electrons. The molecule has 1 aliphatic rings. The van der Waals surface area contributed by atoms with Gasteiger partial charge in [0.1, 0.15) is 11.2 Å². The number of hydrogen-bond donors (Lipinski definition) is 3. The number of unbranched alkanes of at least 4 members (excludes halogenated alkanes) is 3. The molecule has 13 heteroatoms. The summed E-state index contributed by atoms with van der Waals surface area (Å²) in [6.45, 7) is 0.424. The van der Waals surface area contributed by atoms with Gasteiger partial charge in [0, 0.05) is 46.5 Å². The van der Waals surface area contributed by atoms with Crippen molar-refractivity contribution < 1.29 is 90.9 Å². The average molecular weight is 690 g/mol. The maximum atomic E-state index is 15.2. The van der Waals surface area contributed by atoms with Gasteiger partial charge < -0.3 is 31.4 Å². The molecule has 1 saturated carbocycles. The summed E-state index contributed by atoms with van der Waals surface area (Å²) in [6.07, 6.45) is 5.46. The Hall–Kier alpha value is -3.26. The molecule has 1 aromatic heterocycles. The molecule has 4 aromatic rings. The Morgan fingerprint density at radius 1 is 0.915 bits per heavy atom. The van der Waals surface area contributed by atoms with E-state index in [0.29, 0.717) is 64.7 Å². The number of carbonyl (C=O) groups is 3. The number of amides is 2. The van der Waals surface area contributed by atoms with Crippen LogP contribution in [0.3, 0.4) is 0 Å². The molecule has 2 amide bonds. The van der Waals surface area contributed by atoms with Crippen LogP contribution in [0, 0.1) is 11.2 Å². The summed E-state index contributed by atoms with van der Waals surface area (Å²) in [5.74, 6) is -1.29. The Bertz CT molecular complexity index is 1780. The molecule has 3 N–H and O–H groups in total. The van der Waals surface area contributed by atoms with Gasteiger partial charge in [0.15, 0.2) is 23.1 Å². The number of carboxylic acids is 1. The van der Waals surface area contributed by atoms with Gasteiger partial charge in [0.2, 0.25) is 11.8 Å². The third kappa shape index (κ3) is 9.43. The van der Waals surface area contributed by atoms with Gasteiger partial charge >= 0.3 is 57.4 Å². The van der Waals surface area contributed by atoms with Crippen LogP contribution in [0.4, 0.5) is 15.8 Å². The zero-order chi connectivity index (χ0) is 32.7. The van der Waals surface area contributed by atoms with Crippen molar-refractivity contribution in [3.63, 3.8) is 0 Å². The summed E-state index contributed by atoms with van der Waals surface area (Å²) in [5, 5.41) is 15.2. The number of halogens is 2. The van der Waals surface area contributed by atoms with E-state index in [0.717, 1.165) is 25.3 Å². The summed E-state index contributed by atoms with van der Waals surface area (Å²) in [5.41, 5.74) is -0.0321. The molecule has 0 unspecified atom stereocenters. The number of aliphatic carboxylic acids is 1. The zero-order valence-electron chi connectivity index (χ0n) is 27.1. The number of fused-ring (bicyclic) bond motifs is 1. The fourth-order valence-electron chi connectivity index (χ4n) is 4.93. The number of anilines is 2. The number of pyridine rings is 1. The largest absolute Gasteiger partial charge is 1.00 e. The van der Waals surface area contributed by atoms with Crippen molar-refractivity contribution in [2.75, 3.05) is 24.4 Å². The zero-order valence-corrected chi connectivity index (χ0v) is 30.0. The van der Waals surface area contributed by atoms with E-state index >= 15 is 4.39 Å². The number of methoxy groups -OCH3 is 1. The van der Waals surface area contributed by atoms with Crippen LogP contribution in [0.5, 0.6) is 23.0 Å². The Morgan fingerprint density at radius 3 is 2.30 bits per heavy atom. The summed E-state index contributed by atoms with van der Waals surface area (Å²) in [6, 6.07) is 15.7. The number of aromatic nitrogens is 1. The van der Waals surface area contributed by atoms with Gasteiger partial charge in [-0.05, 0) is 68.1 Å². The fourth-order valence-corrected chi connectivity index (χ4v) is 5.12. The Balaban J connectivity index is 0.00000312. The molecule has 0 atom stereocenters. The molecule has 0 bridgehead atoms. The molecular formula is C34H34ClFKN3O7. The molecule has 5 rings (SSSR count). The molecule has 3 aromatic carbocycles. The minimum atomic E-state index is -1.24. The van der Waals surface area contributed by atoms with Crippen LogP contribution in [-0.2, 0) is 14.4 Å². The Morgan fingerprint density at radius 2 is 1.64 bits per heavy atom. The molecule has 0 saturated heterocycles. The van der Waals surface area contributed by atoms with Gasteiger partial charge in [0.25, 0.3) is 0 Å². The second kappa shape index (κ2) is 16.7. The molecule has 47 heavy (non-hydrogen) atoms. The Kier molecular flexibility index (Phi) is 13.0. The molecule has 0 spiro atoms. The molecule has 1 heterocycles. The maximum Gasteiger partial charge on any atom is 1.00 e. The van der Waals surface area contributed by atoms with Crippen molar-refractivity contribution in [1.82, 2.24) is 4.98 Å². The first kappa shape index (κ1) is 36.6. The van der Waals surface area contributed by atoms with Crippen LogP contribution >= 0.6 is 11.6 Å². The third-order valence-electron chi connectivity index (χ3n) is 7.64. The molecule has 242 valence electrons. The monoisotopic (exact) mass is 689 g/mol. The number of benzene rings is 3. The van der Waals surface area contributed by atoms with E-state index < -0.39 is 29.0 Å². The summed E-state index contributed by atoms with van der Waals surface area (Å²) >= 11 is 5.99. The van der Waals surface area contributed by atoms with Gasteiger partial charge in [0.05, 0.1) is 19.2 Å². The second-order valence-corrected chi connectivity index (χ2v) is 11.4. The molecule has 0 aliphatic heterocycles. The normalized spacial score (nSPS) is 12.8. The van der Waals surface area contributed by atoms with Crippen LogP contribution in [0.25, 0.3) is 10.9 Å². The van der Waals surface area contributed by atoms with E-state index in [1.54, 1.807) is 42.5 Å². The van der Waals surface area contributed by atoms with Crippen LogP contribution in [0.1, 0.15) is 46.4 Å². The number of carboxylic acid groups (broad SMARTS) is 1. The smallest absolute Gasteiger partial charge is 1.00 e. The van der Waals surface area contributed by atoms with E-state index in [2.05, 4.69) is 15.6 Å². The van der Waals surface area contributed by atoms with Crippen molar-refractivity contribution in [3.8, 4) is 23.0 Å². The first-order chi connectivity index (χ1) is 22.2. The quantitative estimate of drug-likeness (QED) is 0.0928. The summed E-state index contributed by atoms with van der Waals surface area (Å²) in [7, 11) is 1.51. The van der Waals surface area contributed by atoms with Crippen LogP contribution in [-0.4, -0.2) is 41.6 Å². The van der Waals surface area contributed by atoms with Crippen LogP contribution in [0.15, 0.2) is 66.9 Å². The SMILES string of the molecule is COc1cc2c(Oc3ccc(NC(=O)C4(C(=O)Nc5cccc(Cl)c5)CC4)cc3F)ccnc2cc1OCCCCCCC(=O)O.[H-].[K+]. The number of nitrogens with zero attached hydrogens (tertiary/aromatic N) is 1. The second-order valence-electron chi connectivity index (χ2n) is 11.0. The van der Waals surface area contributed by atoms with Gasteiger partial charge in [-0.25, -0.2) is 4.39 Å². The predicted molar refractivity (Wildman–Crippen MR) is 172 cm³/mol. The van der Waals surface area contributed by atoms with E-state index in [1.807, 2.05) is 0 Å². The van der Waals surface area contributed by atoms with Gasteiger partial charge in [-0.1, -0.05) is 30.5 Å². The third-order valence-corrected chi connectivity index (χ3v) is 7.88. The minimum absolute atomic E-state index is 0. The summed E-state index contributed by atoms with van der Waals surface area (Å²) < 4.78 is 32.6. The first-order valence-electron chi connectivity index (χ1n) is 14.9. The van der Waals surface area contributed by atoms with Crippen LogP contribution in [0.2, 0.25) is 5.02 Å². The topological polar surface area (TPSA) is 136 Å². The van der Waals surface area contributed by atoms with E-state index in [-0.39, 0.29) is 70.7 Å². The maximum absolute atomic E-state index is 15.2. The van der Waals surface area contributed by atoms with Crippen molar-refractivity contribution in [2.24, 2.45) is 5.41 Å². The first-order valence-corrected chi connectivity index (χ1v) is 15.2. The van der Waals surface area contributed by atoms with Crippen LogP contribution < -0.4 is 76.2 Å².